The second-order valence-corrected chi connectivity index (χ2v) is 2.81. The minimum atomic E-state index is -0.315. The van der Waals surface area contributed by atoms with Gasteiger partial charge in [-0.25, -0.2) is 4.79 Å². The fourth-order valence-corrected chi connectivity index (χ4v) is 1.20. The zero-order chi connectivity index (χ0) is 8.27. The minimum Gasteiger partial charge on any atom is -0.458 e. The molecule has 1 heterocycles. The molecule has 1 unspecified atom stereocenters. The van der Waals surface area contributed by atoms with E-state index in [9.17, 15) is 4.79 Å². The van der Waals surface area contributed by atoms with Crippen LogP contribution in [0.5, 0.6) is 0 Å². The molecular weight excluding hydrogens is 142 g/mol. The fraction of sp³-hybridized carbons (Fsp3) is 0.625. The number of carbonyl (C=O) groups excluding carboxylic acids is 1. The Labute approximate surface area is 66.6 Å². The molecule has 1 fully saturated rings. The second kappa shape index (κ2) is 3.53. The maximum absolute atomic E-state index is 10.7. The highest BCUT2D eigenvalue weighted by molar-refractivity contribution is 5.81. The quantitative estimate of drug-likeness (QED) is 0.427. The predicted molar refractivity (Wildman–Crippen MR) is 42.2 cm³/mol. The van der Waals surface area contributed by atoms with Crippen LogP contribution in [0, 0.1) is 0 Å². The van der Waals surface area contributed by atoms with Crippen LogP contribution in [0.25, 0.3) is 0 Å². The van der Waals surface area contributed by atoms with E-state index in [4.69, 9.17) is 4.74 Å². The molecule has 1 aliphatic heterocycles. The number of hydrogen-bond donors (Lipinski definition) is 0. The van der Waals surface area contributed by atoms with E-state index in [0.717, 1.165) is 19.5 Å². The van der Waals surface area contributed by atoms with Gasteiger partial charge in [-0.05, 0) is 13.5 Å². The Morgan fingerprint density at radius 3 is 3.00 bits per heavy atom. The van der Waals surface area contributed by atoms with Crippen LogP contribution in [0.2, 0.25) is 0 Å². The highest BCUT2D eigenvalue weighted by Gasteiger charge is 2.21. The van der Waals surface area contributed by atoms with Gasteiger partial charge in [0.25, 0.3) is 0 Å². The number of ether oxygens (including phenoxy) is 1. The average Bonchev–Trinajstić information content (AvgIpc) is 2.35. The van der Waals surface area contributed by atoms with Crippen LogP contribution in [0.4, 0.5) is 0 Å². The van der Waals surface area contributed by atoms with Crippen molar-refractivity contribution in [2.45, 2.75) is 12.5 Å². The summed E-state index contributed by atoms with van der Waals surface area (Å²) in [4.78, 5) is 12.9. The van der Waals surface area contributed by atoms with E-state index < -0.39 is 0 Å². The average molecular weight is 155 g/mol. The smallest absolute Gasteiger partial charge is 0.330 e. The lowest BCUT2D eigenvalue weighted by Crippen LogP contribution is -2.21. The third-order valence-corrected chi connectivity index (χ3v) is 1.80. The summed E-state index contributed by atoms with van der Waals surface area (Å²) in [5.74, 6) is -0.315. The number of nitrogens with zero attached hydrogens (tertiary/aromatic N) is 1. The number of hydrogen-bond acceptors (Lipinski definition) is 3. The molecule has 62 valence electrons. The molecule has 11 heavy (non-hydrogen) atoms. The van der Waals surface area contributed by atoms with Gasteiger partial charge in [-0.3, -0.25) is 0 Å². The predicted octanol–water partition coefficient (Wildman–Crippen LogP) is 0.420. The first-order chi connectivity index (χ1) is 5.22. The molecule has 0 bridgehead atoms. The third kappa shape index (κ3) is 2.35. The summed E-state index contributed by atoms with van der Waals surface area (Å²) in [5.41, 5.74) is 0. The van der Waals surface area contributed by atoms with Gasteiger partial charge in [0.2, 0.25) is 0 Å². The molecule has 0 N–H and O–H groups in total. The van der Waals surface area contributed by atoms with E-state index in [-0.39, 0.29) is 12.1 Å². The topological polar surface area (TPSA) is 29.5 Å². The summed E-state index contributed by atoms with van der Waals surface area (Å²) in [6, 6.07) is 0. The van der Waals surface area contributed by atoms with Crippen LogP contribution >= 0.6 is 0 Å². The van der Waals surface area contributed by atoms with E-state index in [0.29, 0.717) is 0 Å². The summed E-state index contributed by atoms with van der Waals surface area (Å²) in [6.07, 6.45) is 2.22. The molecule has 0 aromatic rings. The Morgan fingerprint density at radius 1 is 1.82 bits per heavy atom. The Hall–Kier alpha value is -0.830. The Bertz CT molecular complexity index is 167. The Kier molecular flexibility index (Phi) is 2.65. The minimum absolute atomic E-state index is 0.0745. The molecule has 0 aromatic heterocycles. The van der Waals surface area contributed by atoms with Crippen LogP contribution < -0.4 is 0 Å². The van der Waals surface area contributed by atoms with Crippen LogP contribution in [0.1, 0.15) is 6.42 Å². The van der Waals surface area contributed by atoms with Gasteiger partial charge in [-0.2, -0.15) is 0 Å². The number of rotatable bonds is 2. The van der Waals surface area contributed by atoms with Crippen LogP contribution in [0.15, 0.2) is 12.7 Å². The molecule has 1 atom stereocenters. The van der Waals surface area contributed by atoms with Gasteiger partial charge in [0.1, 0.15) is 6.10 Å². The molecule has 1 saturated heterocycles. The molecular formula is C8H13NO2. The van der Waals surface area contributed by atoms with Crippen molar-refractivity contribution in [2.75, 3.05) is 20.1 Å². The molecule has 0 amide bonds. The first-order valence-electron chi connectivity index (χ1n) is 3.74. The van der Waals surface area contributed by atoms with Crippen molar-refractivity contribution in [3.8, 4) is 0 Å². The van der Waals surface area contributed by atoms with Crippen LogP contribution in [-0.2, 0) is 9.53 Å². The zero-order valence-electron chi connectivity index (χ0n) is 6.75. The van der Waals surface area contributed by atoms with Gasteiger partial charge < -0.3 is 9.64 Å². The van der Waals surface area contributed by atoms with Crippen molar-refractivity contribution in [3.63, 3.8) is 0 Å². The largest absolute Gasteiger partial charge is 0.458 e. The highest BCUT2D eigenvalue weighted by atomic mass is 16.5. The molecule has 1 rings (SSSR count). The summed E-state index contributed by atoms with van der Waals surface area (Å²) in [6.45, 7) is 5.19. The van der Waals surface area contributed by atoms with E-state index in [1.807, 2.05) is 7.05 Å². The van der Waals surface area contributed by atoms with E-state index >= 15 is 0 Å². The summed E-state index contributed by atoms with van der Waals surface area (Å²) < 4.78 is 5.03. The molecule has 0 aliphatic carbocycles. The number of likely N-dealkylation sites (tertiary alicyclic amines) is 1. The summed E-state index contributed by atoms with van der Waals surface area (Å²) in [7, 11) is 2.02. The van der Waals surface area contributed by atoms with Gasteiger partial charge in [0, 0.05) is 19.2 Å². The van der Waals surface area contributed by atoms with Crippen molar-refractivity contribution in [1.82, 2.24) is 4.90 Å². The number of likely N-dealkylation sites (N-methyl/N-ethyl adjacent to an activating group) is 1. The molecule has 3 nitrogen and oxygen atoms in total. The Balaban J connectivity index is 2.28. The van der Waals surface area contributed by atoms with E-state index in [1.54, 1.807) is 0 Å². The van der Waals surface area contributed by atoms with Gasteiger partial charge >= 0.3 is 5.97 Å². The van der Waals surface area contributed by atoms with Crippen molar-refractivity contribution >= 4 is 5.97 Å². The normalized spacial score (nSPS) is 25.0. The summed E-state index contributed by atoms with van der Waals surface area (Å²) in [5, 5.41) is 0. The highest BCUT2D eigenvalue weighted by Crippen LogP contribution is 2.10. The monoisotopic (exact) mass is 155 g/mol. The lowest BCUT2D eigenvalue weighted by atomic mass is 10.3. The van der Waals surface area contributed by atoms with Gasteiger partial charge in [0.15, 0.2) is 0 Å². The number of esters is 1. The van der Waals surface area contributed by atoms with Crippen molar-refractivity contribution < 1.29 is 9.53 Å². The lowest BCUT2D eigenvalue weighted by Gasteiger charge is -2.09. The van der Waals surface area contributed by atoms with Crippen LogP contribution in [-0.4, -0.2) is 37.1 Å². The van der Waals surface area contributed by atoms with Gasteiger partial charge in [-0.15, -0.1) is 0 Å². The van der Waals surface area contributed by atoms with Crippen molar-refractivity contribution in [2.24, 2.45) is 0 Å². The Morgan fingerprint density at radius 2 is 2.55 bits per heavy atom. The van der Waals surface area contributed by atoms with E-state index in [2.05, 4.69) is 11.5 Å². The third-order valence-electron chi connectivity index (χ3n) is 1.80. The zero-order valence-corrected chi connectivity index (χ0v) is 6.75. The molecule has 0 aromatic carbocycles. The standard InChI is InChI=1S/C8H13NO2/c1-3-8(10)11-7-4-5-9(2)6-7/h3,7H,1,4-6H2,2H3. The lowest BCUT2D eigenvalue weighted by molar-refractivity contribution is -0.142. The van der Waals surface area contributed by atoms with Gasteiger partial charge in [-0.1, -0.05) is 6.58 Å². The van der Waals surface area contributed by atoms with Crippen LogP contribution in [0.3, 0.4) is 0 Å². The maximum atomic E-state index is 10.7. The molecule has 3 heteroatoms. The molecule has 0 saturated carbocycles. The molecule has 0 radical (unpaired) electrons. The number of carbonyl (C=O) groups is 1. The first kappa shape index (κ1) is 8.27. The SMILES string of the molecule is C=CC(=O)OC1CCN(C)C1. The van der Waals surface area contributed by atoms with Crippen molar-refractivity contribution in [3.05, 3.63) is 12.7 Å². The second-order valence-electron chi connectivity index (χ2n) is 2.81. The molecule has 1 aliphatic rings. The van der Waals surface area contributed by atoms with Crippen molar-refractivity contribution in [1.29, 1.82) is 0 Å². The fourth-order valence-electron chi connectivity index (χ4n) is 1.20. The van der Waals surface area contributed by atoms with E-state index in [1.165, 1.54) is 6.08 Å². The summed E-state index contributed by atoms with van der Waals surface area (Å²) >= 11 is 0. The first-order valence-corrected chi connectivity index (χ1v) is 3.74. The molecule has 0 spiro atoms. The maximum Gasteiger partial charge on any atom is 0.330 e. The van der Waals surface area contributed by atoms with Gasteiger partial charge in [0.05, 0.1) is 0 Å².